The number of rotatable bonds is 9. The Labute approximate surface area is 248 Å². The van der Waals surface area contributed by atoms with Gasteiger partial charge in [-0.25, -0.2) is 0 Å². The van der Waals surface area contributed by atoms with Crippen molar-refractivity contribution in [1.82, 2.24) is 25.0 Å². The second-order valence-corrected chi connectivity index (χ2v) is 12.4. The van der Waals surface area contributed by atoms with Crippen molar-refractivity contribution in [2.24, 2.45) is 5.92 Å². The summed E-state index contributed by atoms with van der Waals surface area (Å²) in [6.07, 6.45) is 10.8. The van der Waals surface area contributed by atoms with Crippen molar-refractivity contribution in [3.63, 3.8) is 0 Å². The van der Waals surface area contributed by atoms with Crippen LogP contribution in [0.3, 0.4) is 0 Å². The predicted octanol–water partition coefficient (Wildman–Crippen LogP) is 3.83. The molecule has 2 N–H and O–H groups in total. The van der Waals surface area contributed by atoms with Crippen LogP contribution >= 0.6 is 0 Å². The minimum atomic E-state index is -0.979. The van der Waals surface area contributed by atoms with Gasteiger partial charge in [0.1, 0.15) is 17.5 Å². The van der Waals surface area contributed by atoms with Crippen LogP contribution in [0.4, 0.5) is 5.69 Å². The third-order valence-corrected chi connectivity index (χ3v) is 9.20. The molecule has 4 fully saturated rings. The molecule has 0 bridgehead atoms. The van der Waals surface area contributed by atoms with Crippen LogP contribution in [-0.4, -0.2) is 62.0 Å². The number of hydrogen-bond donors (Lipinski definition) is 2. The summed E-state index contributed by atoms with van der Waals surface area (Å²) in [4.78, 5) is 56.2. The largest absolute Gasteiger partial charge is 0.488 e. The van der Waals surface area contributed by atoms with E-state index in [1.165, 1.54) is 0 Å². The monoisotopic (exact) mass is 580 g/mol. The number of anilines is 1. The number of carbonyl (C=O) groups excluding carboxylic acids is 4. The quantitative estimate of drug-likeness (QED) is 0.365. The van der Waals surface area contributed by atoms with Crippen LogP contribution in [0.25, 0.3) is 11.3 Å². The van der Waals surface area contributed by atoms with Gasteiger partial charge < -0.3 is 10.1 Å². The van der Waals surface area contributed by atoms with Crippen molar-refractivity contribution >= 4 is 29.3 Å². The topological polar surface area (TPSA) is 136 Å². The van der Waals surface area contributed by atoms with Crippen molar-refractivity contribution in [2.45, 2.75) is 75.5 Å². The first-order valence-corrected chi connectivity index (χ1v) is 15.2. The number of ether oxygens (including phenoxy) is 1. The van der Waals surface area contributed by atoms with Gasteiger partial charge in [0.2, 0.25) is 11.8 Å². The summed E-state index contributed by atoms with van der Waals surface area (Å²) in [6.45, 7) is 0.649. The van der Waals surface area contributed by atoms with E-state index in [0.29, 0.717) is 35.7 Å². The van der Waals surface area contributed by atoms with E-state index in [4.69, 9.17) is 14.8 Å². The van der Waals surface area contributed by atoms with E-state index in [9.17, 15) is 19.2 Å². The number of pyridine rings is 1. The first kappa shape index (κ1) is 26.1. The van der Waals surface area contributed by atoms with E-state index in [2.05, 4.69) is 21.5 Å². The van der Waals surface area contributed by atoms with Gasteiger partial charge >= 0.3 is 0 Å². The van der Waals surface area contributed by atoms with Gasteiger partial charge in [0, 0.05) is 42.5 Å². The minimum Gasteiger partial charge on any atom is -0.488 e. The van der Waals surface area contributed by atoms with Crippen molar-refractivity contribution in [3.8, 4) is 17.0 Å². The maximum absolute atomic E-state index is 13.4. The van der Waals surface area contributed by atoms with Crippen LogP contribution in [0.15, 0.2) is 42.7 Å². The Balaban J connectivity index is 0.947. The Bertz CT molecular complexity index is 1670. The summed E-state index contributed by atoms with van der Waals surface area (Å²) in [7, 11) is 0. The molecule has 3 aromatic rings. The van der Waals surface area contributed by atoms with Crippen LogP contribution in [0, 0.1) is 5.92 Å². The van der Waals surface area contributed by atoms with Crippen LogP contribution < -0.4 is 15.4 Å². The number of carbonyl (C=O) groups is 4. The second-order valence-electron chi connectivity index (χ2n) is 12.4. The highest BCUT2D eigenvalue weighted by molar-refractivity contribution is 6.25. The number of imide groups is 2. The van der Waals surface area contributed by atoms with Gasteiger partial charge in [-0.3, -0.25) is 39.1 Å². The van der Waals surface area contributed by atoms with Crippen LogP contribution in [0.1, 0.15) is 89.7 Å². The first-order valence-electron chi connectivity index (χ1n) is 15.2. The van der Waals surface area contributed by atoms with E-state index < -0.39 is 29.7 Å². The van der Waals surface area contributed by atoms with Gasteiger partial charge in [0.25, 0.3) is 11.8 Å². The highest BCUT2D eigenvalue weighted by Gasteiger charge is 2.46. The molecule has 1 aromatic carbocycles. The number of aromatic nitrogens is 3. The van der Waals surface area contributed by atoms with Crippen molar-refractivity contribution in [3.05, 3.63) is 59.5 Å². The molecular formula is C32H32N6O5. The fraction of sp³-hybridized carbons (Fsp3) is 0.438. The molecule has 4 amide bonds. The molecule has 1 atom stereocenters. The molecule has 220 valence electrons. The van der Waals surface area contributed by atoms with E-state index >= 15 is 0 Å². The number of nitrogens with zero attached hydrogens (tertiary/aromatic N) is 4. The molecule has 8 rings (SSSR count). The average molecular weight is 581 g/mol. The van der Waals surface area contributed by atoms with Crippen molar-refractivity contribution in [2.75, 3.05) is 11.9 Å². The molecule has 3 aliphatic carbocycles. The van der Waals surface area contributed by atoms with Gasteiger partial charge in [-0.2, -0.15) is 5.10 Å². The number of hydrogen-bond acceptors (Lipinski definition) is 8. The lowest BCUT2D eigenvalue weighted by molar-refractivity contribution is -0.136. The smallest absolute Gasteiger partial charge is 0.264 e. The lowest BCUT2D eigenvalue weighted by atomic mass is 9.80. The molecular weight excluding hydrogens is 548 g/mol. The van der Waals surface area contributed by atoms with Crippen LogP contribution in [0.5, 0.6) is 5.75 Å². The zero-order valence-corrected chi connectivity index (χ0v) is 23.6. The first-order chi connectivity index (χ1) is 20.9. The highest BCUT2D eigenvalue weighted by atomic mass is 16.5. The van der Waals surface area contributed by atoms with Gasteiger partial charge in [0.05, 0.1) is 29.0 Å². The highest BCUT2D eigenvalue weighted by Crippen LogP contribution is 2.47. The molecule has 1 saturated heterocycles. The molecule has 5 aliphatic rings. The normalized spacial score (nSPS) is 24.9. The Hall–Kier alpha value is -4.54. The Morgan fingerprint density at radius 3 is 2.56 bits per heavy atom. The third kappa shape index (κ3) is 4.67. The minimum absolute atomic E-state index is 0.0922. The van der Waals surface area contributed by atoms with E-state index in [1.807, 2.05) is 18.3 Å². The van der Waals surface area contributed by atoms with Gasteiger partial charge in [0.15, 0.2) is 0 Å². The van der Waals surface area contributed by atoms with Gasteiger partial charge in [-0.15, -0.1) is 0 Å². The lowest BCUT2D eigenvalue weighted by Crippen LogP contribution is -2.54. The van der Waals surface area contributed by atoms with Crippen LogP contribution in [-0.2, 0) is 9.59 Å². The van der Waals surface area contributed by atoms with E-state index in [0.717, 1.165) is 66.1 Å². The second kappa shape index (κ2) is 10.0. The number of piperidine rings is 1. The Kier molecular flexibility index (Phi) is 6.09. The molecule has 2 aromatic heterocycles. The molecule has 4 heterocycles. The molecule has 0 spiro atoms. The van der Waals surface area contributed by atoms with Crippen molar-refractivity contribution in [1.29, 1.82) is 0 Å². The predicted molar refractivity (Wildman–Crippen MR) is 154 cm³/mol. The fourth-order valence-corrected chi connectivity index (χ4v) is 6.49. The molecule has 43 heavy (non-hydrogen) atoms. The number of nitrogens with one attached hydrogen (secondary N) is 2. The fourth-order valence-electron chi connectivity index (χ4n) is 6.49. The summed E-state index contributed by atoms with van der Waals surface area (Å²) in [5.74, 6) is -0.312. The average Bonchev–Trinajstić information content (AvgIpc) is 3.92. The van der Waals surface area contributed by atoms with Crippen LogP contribution in [0.2, 0.25) is 0 Å². The number of benzene rings is 1. The standard InChI is InChI=1S/C32H32N6O5/c39-26-11-10-24(30(40)35-26)38-31(41)21-3-1-4-23(27(21)32(38)42)34-15-17-13-19(14-17)37-16-22(28(36-37)18-6-7-18)29-25(5-2-12-33-29)43-20-8-9-20/h1-5,12,16-20,24,34H,6-11,13-15H2,(H,35,39,40). The van der Waals surface area contributed by atoms with Gasteiger partial charge in [-0.1, -0.05) is 6.07 Å². The number of fused-ring (bicyclic) bond motifs is 1. The molecule has 11 heteroatoms. The Morgan fingerprint density at radius 1 is 0.953 bits per heavy atom. The maximum Gasteiger partial charge on any atom is 0.264 e. The summed E-state index contributed by atoms with van der Waals surface area (Å²) in [5, 5.41) is 10.7. The molecule has 0 radical (unpaired) electrons. The Morgan fingerprint density at radius 2 is 1.79 bits per heavy atom. The van der Waals surface area contributed by atoms with E-state index in [-0.39, 0.29) is 24.4 Å². The SMILES string of the molecule is O=C1CCC(N2C(=O)c3cccc(NCC4CC(n5cc(-c6ncccc6OC6CC6)c(C6CC6)n5)C4)c3C2=O)C(=O)N1. The summed E-state index contributed by atoms with van der Waals surface area (Å²) >= 11 is 0. The summed E-state index contributed by atoms with van der Waals surface area (Å²) in [5.41, 5.74) is 4.22. The van der Waals surface area contributed by atoms with Gasteiger partial charge in [-0.05, 0) is 75.1 Å². The molecule has 1 unspecified atom stereocenters. The zero-order valence-electron chi connectivity index (χ0n) is 23.6. The lowest BCUT2D eigenvalue weighted by Gasteiger charge is -2.36. The maximum atomic E-state index is 13.4. The summed E-state index contributed by atoms with van der Waals surface area (Å²) in [6, 6.07) is 8.38. The third-order valence-electron chi connectivity index (χ3n) is 9.20. The van der Waals surface area contributed by atoms with E-state index in [1.54, 1.807) is 18.2 Å². The molecule has 11 nitrogen and oxygen atoms in total. The number of amides is 4. The zero-order chi connectivity index (χ0) is 29.2. The molecule has 2 aliphatic heterocycles. The molecule has 3 saturated carbocycles. The van der Waals surface area contributed by atoms with Crippen molar-refractivity contribution < 1.29 is 23.9 Å². The summed E-state index contributed by atoms with van der Waals surface area (Å²) < 4.78 is 8.28.